The molecule has 2 aliphatic carbocycles. The van der Waals surface area contributed by atoms with Gasteiger partial charge in [0.25, 0.3) is 0 Å². The van der Waals surface area contributed by atoms with Gasteiger partial charge in [-0.3, -0.25) is 9.59 Å². The number of hydrogen-bond donors (Lipinski definition) is 1. The van der Waals surface area contributed by atoms with E-state index in [1.54, 1.807) is 0 Å². The third-order valence-electron chi connectivity index (χ3n) is 8.12. The molecule has 3 aliphatic rings. The van der Waals surface area contributed by atoms with E-state index in [1.807, 2.05) is 0 Å². The fraction of sp³-hybridized carbons (Fsp3) is 0.769. The second-order valence-corrected chi connectivity index (χ2v) is 9.76. The molecule has 1 fully saturated rings. The standard InChI is InChI=1S/C26H40O5/c1-5-26(6-2,7-3)25(29)31-22-10-8-9-18-12-11-17(4)21(24(18)22)14-13-20-15-19(27)16-23(28)30-20/h9,11-12,17,19-22,24,27H,5-8,10,13-16H2,1-4H3/t17-,19+,20+,21-,22-,24-/m0/s1. The second-order valence-electron chi connectivity index (χ2n) is 9.76. The summed E-state index contributed by atoms with van der Waals surface area (Å²) in [6.45, 7) is 8.46. The summed E-state index contributed by atoms with van der Waals surface area (Å²) >= 11 is 0. The van der Waals surface area contributed by atoms with Crippen molar-refractivity contribution in [2.75, 3.05) is 0 Å². The molecule has 5 nitrogen and oxygen atoms in total. The van der Waals surface area contributed by atoms with Crippen molar-refractivity contribution in [2.45, 2.75) is 104 Å². The van der Waals surface area contributed by atoms with Gasteiger partial charge in [0.1, 0.15) is 12.2 Å². The predicted octanol–water partition coefficient (Wildman–Crippen LogP) is 5.12. The van der Waals surface area contributed by atoms with Crippen LogP contribution in [-0.4, -0.2) is 35.4 Å². The molecule has 3 rings (SSSR count). The van der Waals surface area contributed by atoms with Gasteiger partial charge in [-0.1, -0.05) is 45.9 Å². The maximum Gasteiger partial charge on any atom is 0.312 e. The number of allylic oxidation sites excluding steroid dienone is 3. The Morgan fingerprint density at radius 2 is 1.94 bits per heavy atom. The van der Waals surface area contributed by atoms with Crippen molar-refractivity contribution >= 4 is 11.9 Å². The molecule has 5 heteroatoms. The van der Waals surface area contributed by atoms with Crippen molar-refractivity contribution < 1.29 is 24.2 Å². The summed E-state index contributed by atoms with van der Waals surface area (Å²) in [5.74, 6) is 0.521. The molecule has 174 valence electrons. The summed E-state index contributed by atoms with van der Waals surface area (Å²) in [7, 11) is 0. The van der Waals surface area contributed by atoms with Crippen molar-refractivity contribution in [3.05, 3.63) is 23.8 Å². The normalized spacial score (nSPS) is 33.3. The summed E-state index contributed by atoms with van der Waals surface area (Å²) in [4.78, 5) is 24.9. The highest BCUT2D eigenvalue weighted by molar-refractivity contribution is 5.77. The summed E-state index contributed by atoms with van der Waals surface area (Å²) in [6.07, 6.45) is 12.3. The highest BCUT2D eigenvalue weighted by Crippen LogP contribution is 2.45. The zero-order valence-electron chi connectivity index (χ0n) is 19.6. The summed E-state index contributed by atoms with van der Waals surface area (Å²) < 4.78 is 11.7. The third-order valence-corrected chi connectivity index (χ3v) is 8.12. The van der Waals surface area contributed by atoms with E-state index in [-0.39, 0.29) is 41.9 Å². The van der Waals surface area contributed by atoms with Gasteiger partial charge in [-0.15, -0.1) is 0 Å². The monoisotopic (exact) mass is 432 g/mol. The van der Waals surface area contributed by atoms with Crippen LogP contribution >= 0.6 is 0 Å². The van der Waals surface area contributed by atoms with E-state index in [9.17, 15) is 14.7 Å². The van der Waals surface area contributed by atoms with Gasteiger partial charge in [0.05, 0.1) is 17.9 Å². The molecule has 1 N–H and O–H groups in total. The van der Waals surface area contributed by atoms with Gasteiger partial charge in [-0.25, -0.2) is 0 Å². The summed E-state index contributed by atoms with van der Waals surface area (Å²) in [6, 6.07) is 0. The lowest BCUT2D eigenvalue weighted by atomic mass is 9.66. The van der Waals surface area contributed by atoms with E-state index in [4.69, 9.17) is 9.47 Å². The van der Waals surface area contributed by atoms with Crippen molar-refractivity contribution in [1.29, 1.82) is 0 Å². The molecule has 0 aromatic rings. The largest absolute Gasteiger partial charge is 0.462 e. The molecule has 0 amide bonds. The van der Waals surface area contributed by atoms with Crippen LogP contribution in [0.1, 0.15) is 85.5 Å². The van der Waals surface area contributed by atoms with Crippen molar-refractivity contribution in [2.24, 2.45) is 23.2 Å². The highest BCUT2D eigenvalue weighted by Gasteiger charge is 2.43. The van der Waals surface area contributed by atoms with Crippen LogP contribution in [0.25, 0.3) is 0 Å². The Morgan fingerprint density at radius 3 is 2.58 bits per heavy atom. The minimum Gasteiger partial charge on any atom is -0.462 e. The van der Waals surface area contributed by atoms with E-state index in [2.05, 4.69) is 45.9 Å². The maximum atomic E-state index is 13.2. The first kappa shape index (κ1) is 24.0. The Hall–Kier alpha value is -1.62. The SMILES string of the molecule is CCC(CC)(CC)C(=O)O[C@H]1CCC=C2C=C[C@H](C)[C@H](CC[C@@H]3C[C@@H](O)CC(=O)O3)[C@H]21. The highest BCUT2D eigenvalue weighted by atomic mass is 16.6. The molecule has 0 spiro atoms. The zero-order chi connectivity index (χ0) is 22.6. The average molecular weight is 433 g/mol. The first-order valence-electron chi connectivity index (χ1n) is 12.3. The predicted molar refractivity (Wildman–Crippen MR) is 120 cm³/mol. The molecule has 1 heterocycles. The maximum absolute atomic E-state index is 13.2. The van der Waals surface area contributed by atoms with E-state index < -0.39 is 6.10 Å². The topological polar surface area (TPSA) is 72.8 Å². The van der Waals surface area contributed by atoms with Crippen LogP contribution in [-0.2, 0) is 19.1 Å². The molecule has 6 atom stereocenters. The molecule has 0 radical (unpaired) electrons. The van der Waals surface area contributed by atoms with Crippen LogP contribution in [0, 0.1) is 23.2 Å². The van der Waals surface area contributed by atoms with Gasteiger partial charge >= 0.3 is 11.9 Å². The molecule has 1 aliphatic heterocycles. The number of rotatable bonds is 8. The first-order valence-corrected chi connectivity index (χ1v) is 12.3. The molecular weight excluding hydrogens is 392 g/mol. The third kappa shape index (κ3) is 5.24. The number of aliphatic hydroxyl groups is 1. The average Bonchev–Trinajstić information content (AvgIpc) is 2.74. The molecule has 0 unspecified atom stereocenters. The lowest BCUT2D eigenvalue weighted by Crippen LogP contribution is -2.43. The molecule has 31 heavy (non-hydrogen) atoms. The number of hydrogen-bond acceptors (Lipinski definition) is 5. The van der Waals surface area contributed by atoms with Gasteiger partial charge in [-0.05, 0) is 62.4 Å². The fourth-order valence-corrected chi connectivity index (χ4v) is 5.82. The van der Waals surface area contributed by atoms with Gasteiger partial charge < -0.3 is 14.6 Å². The lowest BCUT2D eigenvalue weighted by Gasteiger charge is -2.43. The van der Waals surface area contributed by atoms with Crippen LogP contribution in [0.5, 0.6) is 0 Å². The van der Waals surface area contributed by atoms with E-state index in [1.165, 1.54) is 5.57 Å². The number of cyclic esters (lactones) is 1. The number of esters is 2. The van der Waals surface area contributed by atoms with Crippen LogP contribution in [0.15, 0.2) is 23.8 Å². The molecular formula is C26H40O5. The molecule has 0 saturated carbocycles. The van der Waals surface area contributed by atoms with Crippen molar-refractivity contribution in [3.63, 3.8) is 0 Å². The minimum absolute atomic E-state index is 0.0449. The Morgan fingerprint density at radius 1 is 1.23 bits per heavy atom. The molecule has 0 aromatic heterocycles. The summed E-state index contributed by atoms with van der Waals surface area (Å²) in [5, 5.41) is 9.94. The van der Waals surface area contributed by atoms with Gasteiger partial charge in [-0.2, -0.15) is 0 Å². The molecule has 0 aromatic carbocycles. The van der Waals surface area contributed by atoms with E-state index >= 15 is 0 Å². The molecule has 0 bridgehead atoms. The lowest BCUT2D eigenvalue weighted by molar-refractivity contribution is -0.167. The van der Waals surface area contributed by atoms with Gasteiger partial charge in [0, 0.05) is 12.3 Å². The number of carbonyl (C=O) groups excluding carboxylic acids is 2. The quantitative estimate of drug-likeness (QED) is 0.539. The van der Waals surface area contributed by atoms with Crippen molar-refractivity contribution in [1.82, 2.24) is 0 Å². The summed E-state index contributed by atoms with van der Waals surface area (Å²) in [5.41, 5.74) is 0.891. The Bertz CT molecular complexity index is 696. The Kier molecular flexibility index (Phi) is 8.01. The zero-order valence-corrected chi connectivity index (χ0v) is 19.6. The Balaban J connectivity index is 1.74. The van der Waals surface area contributed by atoms with Gasteiger partial charge in [0.2, 0.25) is 0 Å². The van der Waals surface area contributed by atoms with Gasteiger partial charge in [0.15, 0.2) is 0 Å². The number of carbonyl (C=O) groups is 2. The van der Waals surface area contributed by atoms with Crippen LogP contribution in [0.2, 0.25) is 0 Å². The second kappa shape index (κ2) is 10.3. The first-order chi connectivity index (χ1) is 14.8. The Labute approximate surface area is 187 Å². The van der Waals surface area contributed by atoms with Crippen LogP contribution in [0.4, 0.5) is 0 Å². The van der Waals surface area contributed by atoms with Crippen LogP contribution < -0.4 is 0 Å². The minimum atomic E-state index is -0.598. The number of fused-ring (bicyclic) bond motifs is 1. The van der Waals surface area contributed by atoms with E-state index in [0.29, 0.717) is 18.3 Å². The van der Waals surface area contributed by atoms with E-state index in [0.717, 1.165) is 44.9 Å². The van der Waals surface area contributed by atoms with Crippen molar-refractivity contribution in [3.8, 4) is 0 Å². The number of aliphatic hydroxyl groups excluding tert-OH is 1. The fourth-order valence-electron chi connectivity index (χ4n) is 5.82. The molecule has 1 saturated heterocycles. The smallest absolute Gasteiger partial charge is 0.312 e. The number of ether oxygens (including phenoxy) is 2. The van der Waals surface area contributed by atoms with Crippen LogP contribution in [0.3, 0.4) is 0 Å².